The minimum atomic E-state index is 0.0138. The van der Waals surface area contributed by atoms with Gasteiger partial charge in [0.1, 0.15) is 11.5 Å². The molecule has 0 aliphatic heterocycles. The quantitative estimate of drug-likeness (QED) is 0.607. The first-order valence-electron chi connectivity index (χ1n) is 7.05. The summed E-state index contributed by atoms with van der Waals surface area (Å²) in [6.45, 7) is 1.52. The van der Waals surface area contributed by atoms with E-state index in [1.165, 1.54) is 14.0 Å². The molecule has 5 nitrogen and oxygen atoms in total. The molecule has 0 aliphatic rings. The van der Waals surface area contributed by atoms with Crippen LogP contribution in [-0.4, -0.2) is 25.1 Å². The SMILES string of the molecule is COc1cc(OC)c(NC(=S)Nc2ccc(C(C)=O)cc2)cc1Cl. The molecule has 7 heteroatoms. The normalized spacial score (nSPS) is 10.0. The minimum absolute atomic E-state index is 0.0138. The minimum Gasteiger partial charge on any atom is -0.495 e. The maximum Gasteiger partial charge on any atom is 0.175 e. The van der Waals surface area contributed by atoms with Crippen LogP contribution in [0.3, 0.4) is 0 Å². The van der Waals surface area contributed by atoms with Crippen molar-refractivity contribution in [2.45, 2.75) is 6.92 Å². The van der Waals surface area contributed by atoms with Crippen LogP contribution in [0.25, 0.3) is 0 Å². The predicted octanol–water partition coefficient (Wildman–Crippen LogP) is 4.37. The fraction of sp³-hybridized carbons (Fsp3) is 0.176. The van der Waals surface area contributed by atoms with Gasteiger partial charge in [0.05, 0.1) is 24.9 Å². The van der Waals surface area contributed by atoms with Crippen molar-refractivity contribution in [3.8, 4) is 11.5 Å². The number of ether oxygens (including phenoxy) is 2. The summed E-state index contributed by atoms with van der Waals surface area (Å²) in [5, 5.41) is 6.87. The number of benzene rings is 2. The van der Waals surface area contributed by atoms with Crippen molar-refractivity contribution < 1.29 is 14.3 Å². The Morgan fingerprint density at radius 3 is 2.21 bits per heavy atom. The molecule has 2 rings (SSSR count). The molecule has 0 bridgehead atoms. The molecule has 0 aromatic heterocycles. The van der Waals surface area contributed by atoms with Gasteiger partial charge in [0.15, 0.2) is 10.9 Å². The largest absolute Gasteiger partial charge is 0.495 e. The molecule has 0 fully saturated rings. The van der Waals surface area contributed by atoms with E-state index in [0.717, 1.165) is 5.69 Å². The number of thiocarbonyl (C=S) groups is 1. The summed E-state index contributed by atoms with van der Waals surface area (Å²) in [5.74, 6) is 1.07. The van der Waals surface area contributed by atoms with E-state index < -0.39 is 0 Å². The molecule has 0 atom stereocenters. The standard InChI is InChI=1S/C17H17ClN2O3S/c1-10(21)11-4-6-12(7-5-11)19-17(24)20-14-8-13(18)15(22-2)9-16(14)23-3/h4-9H,1-3H3,(H2,19,20,24). The van der Waals surface area contributed by atoms with E-state index >= 15 is 0 Å². The Morgan fingerprint density at radius 1 is 1.04 bits per heavy atom. The van der Waals surface area contributed by atoms with Crippen LogP contribution in [-0.2, 0) is 0 Å². The van der Waals surface area contributed by atoms with Gasteiger partial charge in [0.25, 0.3) is 0 Å². The van der Waals surface area contributed by atoms with E-state index in [2.05, 4.69) is 10.6 Å². The van der Waals surface area contributed by atoms with Crippen molar-refractivity contribution in [3.63, 3.8) is 0 Å². The van der Waals surface area contributed by atoms with Crippen molar-refractivity contribution in [1.29, 1.82) is 0 Å². The number of carbonyl (C=O) groups is 1. The third kappa shape index (κ3) is 4.37. The number of ketones is 1. The number of rotatable bonds is 5. The third-order valence-electron chi connectivity index (χ3n) is 3.27. The number of anilines is 2. The van der Waals surface area contributed by atoms with Crippen LogP contribution < -0.4 is 20.1 Å². The van der Waals surface area contributed by atoms with Crippen LogP contribution in [0, 0.1) is 0 Å². The van der Waals surface area contributed by atoms with E-state index in [1.54, 1.807) is 43.5 Å². The number of hydrogen-bond donors (Lipinski definition) is 2. The molecule has 0 saturated carbocycles. The van der Waals surface area contributed by atoms with Gasteiger partial charge < -0.3 is 20.1 Å². The average Bonchev–Trinajstić information content (AvgIpc) is 2.55. The number of methoxy groups -OCH3 is 2. The number of hydrogen-bond acceptors (Lipinski definition) is 4. The summed E-state index contributed by atoms with van der Waals surface area (Å²) < 4.78 is 10.5. The molecule has 0 aliphatic carbocycles. The zero-order chi connectivity index (χ0) is 17.7. The van der Waals surface area contributed by atoms with Gasteiger partial charge in [0.2, 0.25) is 0 Å². The van der Waals surface area contributed by atoms with Gasteiger partial charge >= 0.3 is 0 Å². The van der Waals surface area contributed by atoms with Crippen LogP contribution >= 0.6 is 23.8 Å². The zero-order valence-corrected chi connectivity index (χ0v) is 15.0. The Morgan fingerprint density at radius 2 is 1.67 bits per heavy atom. The molecular formula is C17H17ClN2O3S. The lowest BCUT2D eigenvalue weighted by Gasteiger charge is -2.15. The first kappa shape index (κ1) is 18.0. The monoisotopic (exact) mass is 364 g/mol. The Labute approximate surface area is 150 Å². The second kappa shape index (κ2) is 7.99. The lowest BCUT2D eigenvalue weighted by Crippen LogP contribution is -2.19. The fourth-order valence-electron chi connectivity index (χ4n) is 2.03. The van der Waals surface area contributed by atoms with Gasteiger partial charge in [-0.2, -0.15) is 0 Å². The fourth-order valence-corrected chi connectivity index (χ4v) is 2.50. The lowest BCUT2D eigenvalue weighted by atomic mass is 10.1. The molecule has 126 valence electrons. The van der Waals surface area contributed by atoms with E-state index in [4.69, 9.17) is 33.3 Å². The van der Waals surface area contributed by atoms with Gasteiger partial charge in [-0.15, -0.1) is 0 Å². The molecule has 2 aromatic rings. The summed E-state index contributed by atoms with van der Waals surface area (Å²) in [5.41, 5.74) is 2.01. The zero-order valence-electron chi connectivity index (χ0n) is 13.5. The van der Waals surface area contributed by atoms with Crippen molar-refractivity contribution in [3.05, 3.63) is 47.0 Å². The van der Waals surface area contributed by atoms with E-state index in [9.17, 15) is 4.79 Å². The summed E-state index contributed by atoms with van der Waals surface area (Å²) >= 11 is 11.4. The van der Waals surface area contributed by atoms with Crippen molar-refractivity contribution in [2.24, 2.45) is 0 Å². The van der Waals surface area contributed by atoms with Crippen LogP contribution in [0.1, 0.15) is 17.3 Å². The van der Waals surface area contributed by atoms with Crippen molar-refractivity contribution in [2.75, 3.05) is 24.9 Å². The van der Waals surface area contributed by atoms with Gasteiger partial charge in [0, 0.05) is 17.3 Å². The maximum atomic E-state index is 11.3. The second-order valence-corrected chi connectivity index (χ2v) is 5.72. The third-order valence-corrected chi connectivity index (χ3v) is 3.77. The van der Waals surface area contributed by atoms with Crippen LogP contribution in [0.2, 0.25) is 5.02 Å². The molecule has 24 heavy (non-hydrogen) atoms. The van der Waals surface area contributed by atoms with E-state index in [0.29, 0.717) is 32.9 Å². The number of Topliss-reactive ketones (excluding diaryl/α,β-unsaturated/α-hetero) is 1. The first-order chi connectivity index (χ1) is 11.4. The van der Waals surface area contributed by atoms with E-state index in [1.807, 2.05) is 0 Å². The van der Waals surface area contributed by atoms with Crippen molar-refractivity contribution >= 4 is 46.1 Å². The molecule has 0 saturated heterocycles. The van der Waals surface area contributed by atoms with Gasteiger partial charge in [-0.25, -0.2) is 0 Å². The Balaban J connectivity index is 2.12. The highest BCUT2D eigenvalue weighted by molar-refractivity contribution is 7.80. The smallest absolute Gasteiger partial charge is 0.175 e. The molecule has 0 radical (unpaired) electrons. The molecule has 0 spiro atoms. The van der Waals surface area contributed by atoms with Gasteiger partial charge in [-0.3, -0.25) is 4.79 Å². The number of halogens is 1. The maximum absolute atomic E-state index is 11.3. The molecule has 2 N–H and O–H groups in total. The lowest BCUT2D eigenvalue weighted by molar-refractivity contribution is 0.101. The van der Waals surface area contributed by atoms with Crippen LogP contribution in [0.15, 0.2) is 36.4 Å². The molecule has 0 amide bonds. The highest BCUT2D eigenvalue weighted by Crippen LogP contribution is 2.35. The molecule has 0 unspecified atom stereocenters. The first-order valence-corrected chi connectivity index (χ1v) is 7.83. The molecule has 2 aromatic carbocycles. The second-order valence-electron chi connectivity index (χ2n) is 4.90. The number of nitrogens with one attached hydrogen (secondary N) is 2. The number of carbonyl (C=O) groups excluding carboxylic acids is 1. The van der Waals surface area contributed by atoms with Crippen molar-refractivity contribution in [1.82, 2.24) is 0 Å². The molecule has 0 heterocycles. The Kier molecular flexibility index (Phi) is 6.00. The average molecular weight is 365 g/mol. The topological polar surface area (TPSA) is 59.6 Å². The van der Waals surface area contributed by atoms with Gasteiger partial charge in [-0.1, -0.05) is 11.6 Å². The molecular weight excluding hydrogens is 348 g/mol. The van der Waals surface area contributed by atoms with Crippen LogP contribution in [0.4, 0.5) is 11.4 Å². The highest BCUT2D eigenvalue weighted by atomic mass is 35.5. The summed E-state index contributed by atoms with van der Waals surface area (Å²) in [6, 6.07) is 10.4. The summed E-state index contributed by atoms with van der Waals surface area (Å²) in [4.78, 5) is 11.3. The summed E-state index contributed by atoms with van der Waals surface area (Å²) in [6.07, 6.45) is 0. The predicted molar refractivity (Wildman–Crippen MR) is 101 cm³/mol. The van der Waals surface area contributed by atoms with Crippen LogP contribution in [0.5, 0.6) is 11.5 Å². The Bertz CT molecular complexity index is 763. The summed E-state index contributed by atoms with van der Waals surface area (Å²) in [7, 11) is 3.08. The van der Waals surface area contributed by atoms with Gasteiger partial charge in [-0.05, 0) is 49.5 Å². The highest BCUT2D eigenvalue weighted by Gasteiger charge is 2.11. The van der Waals surface area contributed by atoms with E-state index in [-0.39, 0.29) is 5.78 Å². The Hall–Kier alpha value is -2.31.